The summed E-state index contributed by atoms with van der Waals surface area (Å²) in [5.41, 5.74) is -0.400. The van der Waals surface area contributed by atoms with Crippen LogP contribution < -0.4 is 5.32 Å². The van der Waals surface area contributed by atoms with Gasteiger partial charge in [-0.1, -0.05) is 0 Å². The van der Waals surface area contributed by atoms with Crippen LogP contribution in [-0.4, -0.2) is 38.9 Å². The Hall–Kier alpha value is -1.43. The van der Waals surface area contributed by atoms with Gasteiger partial charge in [0.05, 0.1) is 12.0 Å². The van der Waals surface area contributed by atoms with Crippen molar-refractivity contribution in [2.45, 2.75) is 12.0 Å². The molecular weight excluding hydrogens is 172 g/mol. The molecule has 0 aromatic carbocycles. The fourth-order valence-electron chi connectivity index (χ4n) is 1.52. The van der Waals surface area contributed by atoms with E-state index in [0.29, 0.717) is 13.1 Å². The van der Waals surface area contributed by atoms with Crippen molar-refractivity contribution in [1.82, 2.24) is 20.1 Å². The minimum atomic E-state index is -0.808. The molecule has 2 rings (SSSR count). The van der Waals surface area contributed by atoms with Crippen molar-refractivity contribution in [1.29, 1.82) is 0 Å². The second-order valence-corrected chi connectivity index (χ2v) is 3.24. The lowest BCUT2D eigenvalue weighted by molar-refractivity contribution is -0.140. The number of rotatable bonds is 3. The summed E-state index contributed by atoms with van der Waals surface area (Å²) >= 11 is 0. The fraction of sp³-hybridized carbons (Fsp3) is 0.571. The van der Waals surface area contributed by atoms with Crippen molar-refractivity contribution >= 4 is 5.97 Å². The Bertz CT molecular complexity index is 304. The predicted molar refractivity (Wildman–Crippen MR) is 43.1 cm³/mol. The normalized spacial score (nSPS) is 19.4. The number of hydrogen-bond acceptors (Lipinski definition) is 4. The molecule has 13 heavy (non-hydrogen) atoms. The Morgan fingerprint density at radius 3 is 2.85 bits per heavy atom. The molecule has 70 valence electrons. The zero-order chi connectivity index (χ0) is 9.31. The third kappa shape index (κ3) is 1.29. The van der Waals surface area contributed by atoms with Gasteiger partial charge in [-0.2, -0.15) is 5.10 Å². The molecule has 0 amide bonds. The SMILES string of the molecule is O=C(O)CC1(n2cncn2)CNC1. The van der Waals surface area contributed by atoms with Crippen LogP contribution >= 0.6 is 0 Å². The van der Waals surface area contributed by atoms with Crippen LogP contribution in [0.3, 0.4) is 0 Å². The monoisotopic (exact) mass is 182 g/mol. The molecule has 0 unspecified atom stereocenters. The van der Waals surface area contributed by atoms with Crippen molar-refractivity contribution in [3.63, 3.8) is 0 Å². The smallest absolute Gasteiger partial charge is 0.305 e. The first-order valence-corrected chi connectivity index (χ1v) is 4.01. The predicted octanol–water partition coefficient (Wildman–Crippen LogP) is -0.949. The van der Waals surface area contributed by atoms with Crippen molar-refractivity contribution in [2.24, 2.45) is 0 Å². The van der Waals surface area contributed by atoms with Crippen LogP contribution in [0.4, 0.5) is 0 Å². The number of nitrogens with zero attached hydrogens (tertiary/aromatic N) is 3. The first-order valence-electron chi connectivity index (χ1n) is 4.01. The van der Waals surface area contributed by atoms with Gasteiger partial charge in [-0.15, -0.1) is 0 Å². The average molecular weight is 182 g/mol. The highest BCUT2D eigenvalue weighted by Gasteiger charge is 2.41. The van der Waals surface area contributed by atoms with E-state index in [-0.39, 0.29) is 6.42 Å². The van der Waals surface area contributed by atoms with Gasteiger partial charge in [0.25, 0.3) is 0 Å². The molecule has 1 aromatic heterocycles. The molecule has 6 nitrogen and oxygen atoms in total. The van der Waals surface area contributed by atoms with Crippen molar-refractivity contribution in [3.05, 3.63) is 12.7 Å². The largest absolute Gasteiger partial charge is 0.481 e. The van der Waals surface area contributed by atoms with Gasteiger partial charge in [0.15, 0.2) is 0 Å². The van der Waals surface area contributed by atoms with Crippen molar-refractivity contribution in [3.8, 4) is 0 Å². The van der Waals surface area contributed by atoms with Crippen molar-refractivity contribution < 1.29 is 9.90 Å². The highest BCUT2D eigenvalue weighted by Crippen LogP contribution is 2.24. The number of aromatic nitrogens is 3. The Morgan fingerprint density at radius 2 is 2.46 bits per heavy atom. The van der Waals surface area contributed by atoms with Crippen LogP contribution in [0.15, 0.2) is 12.7 Å². The fourth-order valence-corrected chi connectivity index (χ4v) is 1.52. The van der Waals surface area contributed by atoms with E-state index in [9.17, 15) is 4.79 Å². The third-order valence-electron chi connectivity index (χ3n) is 2.29. The molecular formula is C7H10N4O2. The summed E-state index contributed by atoms with van der Waals surface area (Å²) in [6.45, 7) is 1.28. The maximum absolute atomic E-state index is 10.6. The van der Waals surface area contributed by atoms with Gasteiger partial charge in [-0.3, -0.25) is 4.79 Å². The number of carboxylic acids is 1. The average Bonchev–Trinajstić information content (AvgIpc) is 2.48. The minimum Gasteiger partial charge on any atom is -0.481 e. The molecule has 0 radical (unpaired) electrons. The second kappa shape index (κ2) is 2.81. The molecule has 1 saturated heterocycles. The van der Waals surface area contributed by atoms with Gasteiger partial charge < -0.3 is 10.4 Å². The summed E-state index contributed by atoms with van der Waals surface area (Å²) in [4.78, 5) is 14.4. The van der Waals surface area contributed by atoms with Gasteiger partial charge in [0.2, 0.25) is 0 Å². The highest BCUT2D eigenvalue weighted by atomic mass is 16.4. The zero-order valence-electron chi connectivity index (χ0n) is 6.97. The third-order valence-corrected chi connectivity index (χ3v) is 2.29. The first kappa shape index (κ1) is 8.18. The molecule has 0 atom stereocenters. The van der Waals surface area contributed by atoms with E-state index in [0.717, 1.165) is 0 Å². The van der Waals surface area contributed by atoms with Gasteiger partial charge in [-0.05, 0) is 0 Å². The number of carbonyl (C=O) groups is 1. The topological polar surface area (TPSA) is 80.0 Å². The lowest BCUT2D eigenvalue weighted by Gasteiger charge is -2.41. The number of nitrogens with one attached hydrogen (secondary N) is 1. The van der Waals surface area contributed by atoms with E-state index in [1.54, 1.807) is 11.0 Å². The maximum Gasteiger partial charge on any atom is 0.305 e. The quantitative estimate of drug-likeness (QED) is 0.630. The summed E-state index contributed by atoms with van der Waals surface area (Å²) in [5.74, 6) is -0.808. The van der Waals surface area contributed by atoms with E-state index in [2.05, 4.69) is 15.4 Å². The zero-order valence-corrected chi connectivity index (χ0v) is 6.97. The summed E-state index contributed by atoms with van der Waals surface area (Å²) in [6.07, 6.45) is 3.06. The van der Waals surface area contributed by atoms with Crippen LogP contribution in [0.2, 0.25) is 0 Å². The molecule has 0 bridgehead atoms. The molecule has 0 aliphatic carbocycles. The van der Waals surface area contributed by atoms with E-state index in [1.165, 1.54) is 6.33 Å². The second-order valence-electron chi connectivity index (χ2n) is 3.24. The summed E-state index contributed by atoms with van der Waals surface area (Å²) in [5, 5.41) is 15.7. The summed E-state index contributed by atoms with van der Waals surface area (Å²) < 4.78 is 1.62. The lowest BCUT2D eigenvalue weighted by Crippen LogP contribution is -2.61. The Labute approximate surface area is 74.6 Å². The molecule has 1 aromatic rings. The van der Waals surface area contributed by atoms with Crippen molar-refractivity contribution in [2.75, 3.05) is 13.1 Å². The van der Waals surface area contributed by atoms with Crippen LogP contribution in [0, 0.1) is 0 Å². The molecule has 1 aliphatic heterocycles. The number of hydrogen-bond donors (Lipinski definition) is 2. The maximum atomic E-state index is 10.6. The van der Waals surface area contributed by atoms with Gasteiger partial charge >= 0.3 is 5.97 Å². The molecule has 2 N–H and O–H groups in total. The van der Waals surface area contributed by atoms with Gasteiger partial charge in [0.1, 0.15) is 12.7 Å². The lowest BCUT2D eigenvalue weighted by atomic mass is 9.89. The summed E-state index contributed by atoms with van der Waals surface area (Å²) in [7, 11) is 0. The summed E-state index contributed by atoms with van der Waals surface area (Å²) in [6, 6.07) is 0. The molecule has 2 heterocycles. The van der Waals surface area contributed by atoms with Crippen LogP contribution in [-0.2, 0) is 10.3 Å². The van der Waals surface area contributed by atoms with Crippen LogP contribution in [0.25, 0.3) is 0 Å². The molecule has 0 spiro atoms. The molecule has 1 aliphatic rings. The van der Waals surface area contributed by atoms with Gasteiger partial charge in [-0.25, -0.2) is 9.67 Å². The molecule has 1 fully saturated rings. The van der Waals surface area contributed by atoms with E-state index in [4.69, 9.17) is 5.11 Å². The molecule has 6 heteroatoms. The number of carboxylic acid groups (broad SMARTS) is 1. The first-order chi connectivity index (χ1) is 6.23. The van der Waals surface area contributed by atoms with Gasteiger partial charge in [0, 0.05) is 13.1 Å². The standard InChI is InChI=1S/C7H10N4O2/c12-6(13)1-7(2-8-3-7)11-5-9-4-10-11/h4-5,8H,1-3H2,(H,12,13). The number of aliphatic carboxylic acids is 1. The molecule has 0 saturated carbocycles. The van der Waals surface area contributed by atoms with Crippen LogP contribution in [0.5, 0.6) is 0 Å². The Morgan fingerprint density at radius 1 is 1.69 bits per heavy atom. The van der Waals surface area contributed by atoms with Crippen LogP contribution in [0.1, 0.15) is 6.42 Å². The Kier molecular flexibility index (Phi) is 1.77. The Balaban J connectivity index is 2.20. The van der Waals surface area contributed by atoms with E-state index in [1.807, 2.05) is 0 Å². The minimum absolute atomic E-state index is 0.0867. The highest BCUT2D eigenvalue weighted by molar-refractivity contribution is 5.68. The van der Waals surface area contributed by atoms with E-state index >= 15 is 0 Å². The van der Waals surface area contributed by atoms with E-state index < -0.39 is 11.5 Å².